The summed E-state index contributed by atoms with van der Waals surface area (Å²) in [5.41, 5.74) is -0.486. The Kier molecular flexibility index (Phi) is 4.77. The number of halogens is 5. The first-order valence-electron chi connectivity index (χ1n) is 4.78. The van der Waals surface area contributed by atoms with Crippen LogP contribution in [0.4, 0.5) is 17.6 Å². The Morgan fingerprint density at radius 3 is 2.35 bits per heavy atom. The molecule has 11 heteroatoms. The van der Waals surface area contributed by atoms with E-state index in [0.29, 0.717) is 12.1 Å². The molecule has 0 aliphatic carbocycles. The van der Waals surface area contributed by atoms with Crippen molar-refractivity contribution in [2.75, 3.05) is 6.54 Å². The van der Waals surface area contributed by atoms with Crippen molar-refractivity contribution in [1.82, 2.24) is 5.32 Å². The number of rotatable bonds is 3. The molecule has 0 radical (unpaired) electrons. The summed E-state index contributed by atoms with van der Waals surface area (Å²) in [6.45, 7) is -1.61. The summed E-state index contributed by atoms with van der Waals surface area (Å²) in [7, 11) is -4.45. The van der Waals surface area contributed by atoms with Crippen LogP contribution in [0.1, 0.15) is 10.4 Å². The zero-order chi connectivity index (χ0) is 15.7. The van der Waals surface area contributed by atoms with Gasteiger partial charge in [-0.25, -0.2) is 17.9 Å². The number of sulfonamides is 1. The van der Waals surface area contributed by atoms with Crippen LogP contribution >= 0.6 is 15.9 Å². The minimum absolute atomic E-state index is 0.206. The fourth-order valence-corrected chi connectivity index (χ4v) is 2.31. The second-order valence-electron chi connectivity index (χ2n) is 3.61. The normalized spacial score (nSPS) is 12.3. The van der Waals surface area contributed by atoms with Crippen LogP contribution < -0.4 is 10.5 Å². The number of hydrogen-bond donors (Lipinski definition) is 2. The van der Waals surface area contributed by atoms with Crippen LogP contribution in [0.15, 0.2) is 21.5 Å². The van der Waals surface area contributed by atoms with E-state index in [2.05, 4.69) is 15.9 Å². The molecule has 5 nitrogen and oxygen atoms in total. The number of nitrogens with two attached hydrogens (primary N) is 1. The molecule has 0 aliphatic heterocycles. The van der Waals surface area contributed by atoms with E-state index in [0.717, 1.165) is 0 Å². The molecule has 0 heterocycles. The van der Waals surface area contributed by atoms with Gasteiger partial charge in [-0.3, -0.25) is 4.79 Å². The number of alkyl halides is 3. The number of nitrogens with one attached hydrogen (secondary N) is 1. The van der Waals surface area contributed by atoms with Crippen molar-refractivity contribution in [2.45, 2.75) is 11.1 Å². The fourth-order valence-electron chi connectivity index (χ4n) is 1.20. The van der Waals surface area contributed by atoms with Crippen molar-refractivity contribution in [3.05, 3.63) is 28.0 Å². The summed E-state index contributed by atoms with van der Waals surface area (Å²) in [4.78, 5) is 10.5. The number of hydrogen-bond acceptors (Lipinski definition) is 3. The molecule has 0 spiro atoms. The number of carbonyl (C=O) groups is 1. The Morgan fingerprint density at radius 1 is 1.35 bits per heavy atom. The maximum Gasteiger partial charge on any atom is 0.405 e. The summed E-state index contributed by atoms with van der Waals surface area (Å²) in [6, 6.07) is 1.18. The van der Waals surface area contributed by atoms with E-state index in [1.807, 2.05) is 0 Å². The molecular weight excluding hydrogens is 372 g/mol. The van der Waals surface area contributed by atoms with Gasteiger partial charge < -0.3 is 5.32 Å². The minimum atomic E-state index is -4.63. The molecule has 1 aromatic carbocycles. The second-order valence-corrected chi connectivity index (χ2v) is 5.99. The van der Waals surface area contributed by atoms with Crippen molar-refractivity contribution in [2.24, 2.45) is 5.14 Å². The van der Waals surface area contributed by atoms with Gasteiger partial charge >= 0.3 is 6.18 Å². The number of carbonyl (C=O) groups excluding carboxylic acids is 1. The highest BCUT2D eigenvalue weighted by atomic mass is 79.9. The van der Waals surface area contributed by atoms with Crippen molar-refractivity contribution in [3.63, 3.8) is 0 Å². The van der Waals surface area contributed by atoms with Gasteiger partial charge in [0.05, 0.1) is 5.56 Å². The van der Waals surface area contributed by atoms with Crippen LogP contribution in [0.5, 0.6) is 0 Å². The van der Waals surface area contributed by atoms with Crippen molar-refractivity contribution in [3.8, 4) is 0 Å². The molecule has 20 heavy (non-hydrogen) atoms. The molecule has 0 aliphatic rings. The molecule has 0 atom stereocenters. The summed E-state index contributed by atoms with van der Waals surface area (Å²) in [5.74, 6) is -2.45. The van der Waals surface area contributed by atoms with Gasteiger partial charge in [-0.1, -0.05) is 0 Å². The SMILES string of the molecule is NS(=O)(=O)c1cc(C(=O)NCC(F)(F)F)c(Br)cc1F. The van der Waals surface area contributed by atoms with Crippen LogP contribution in [0.2, 0.25) is 0 Å². The van der Waals surface area contributed by atoms with E-state index in [4.69, 9.17) is 5.14 Å². The first kappa shape index (κ1) is 16.9. The van der Waals surface area contributed by atoms with E-state index < -0.39 is 44.9 Å². The quantitative estimate of drug-likeness (QED) is 0.781. The Balaban J connectivity index is 3.16. The van der Waals surface area contributed by atoms with Gasteiger partial charge in [0.2, 0.25) is 10.0 Å². The first-order chi connectivity index (χ1) is 8.92. The lowest BCUT2D eigenvalue weighted by Crippen LogP contribution is -2.34. The standard InChI is InChI=1S/C9H7BrF4N2O3S/c10-5-2-6(11)7(20(15,18)19)1-4(5)8(17)16-3-9(12,13)14/h1-2H,3H2,(H,16,17)(H2,15,18,19). The lowest BCUT2D eigenvalue weighted by Gasteiger charge is -2.10. The lowest BCUT2D eigenvalue weighted by molar-refractivity contribution is -0.123. The Bertz CT molecular complexity index is 645. The Morgan fingerprint density at radius 2 is 1.90 bits per heavy atom. The van der Waals surface area contributed by atoms with E-state index in [9.17, 15) is 30.8 Å². The van der Waals surface area contributed by atoms with E-state index in [1.165, 1.54) is 5.32 Å². The Hall–Kier alpha value is -1.20. The number of primary sulfonamides is 1. The first-order valence-corrected chi connectivity index (χ1v) is 7.12. The molecule has 1 aromatic rings. The third kappa shape index (κ3) is 4.42. The summed E-state index contributed by atoms with van der Waals surface area (Å²) >= 11 is 2.75. The zero-order valence-corrected chi connectivity index (χ0v) is 11.9. The van der Waals surface area contributed by atoms with Gasteiger partial charge in [0.25, 0.3) is 5.91 Å². The van der Waals surface area contributed by atoms with Crippen LogP contribution in [-0.2, 0) is 10.0 Å². The van der Waals surface area contributed by atoms with E-state index in [1.54, 1.807) is 0 Å². The molecule has 0 saturated carbocycles. The average Bonchev–Trinajstić information content (AvgIpc) is 2.23. The van der Waals surface area contributed by atoms with Gasteiger partial charge in [-0.2, -0.15) is 13.2 Å². The fraction of sp³-hybridized carbons (Fsp3) is 0.222. The van der Waals surface area contributed by atoms with Crippen LogP contribution in [0.3, 0.4) is 0 Å². The van der Waals surface area contributed by atoms with Crippen LogP contribution in [0, 0.1) is 5.82 Å². The van der Waals surface area contributed by atoms with Crippen molar-refractivity contribution in [1.29, 1.82) is 0 Å². The third-order valence-electron chi connectivity index (χ3n) is 2.02. The van der Waals surface area contributed by atoms with Gasteiger partial charge in [-0.15, -0.1) is 0 Å². The van der Waals surface area contributed by atoms with Gasteiger partial charge in [0, 0.05) is 4.47 Å². The molecule has 0 bridgehead atoms. The molecule has 0 fully saturated rings. The largest absolute Gasteiger partial charge is 0.405 e. The maximum absolute atomic E-state index is 13.4. The molecule has 0 aromatic heterocycles. The highest BCUT2D eigenvalue weighted by Crippen LogP contribution is 2.24. The highest BCUT2D eigenvalue weighted by molar-refractivity contribution is 9.10. The Labute approximate surface area is 119 Å². The predicted octanol–water partition coefficient (Wildman–Crippen LogP) is 1.53. The maximum atomic E-state index is 13.4. The minimum Gasteiger partial charge on any atom is -0.343 e. The van der Waals surface area contributed by atoms with E-state index >= 15 is 0 Å². The molecular formula is C9H7BrF4N2O3S. The average molecular weight is 379 g/mol. The van der Waals surface area contributed by atoms with E-state index in [-0.39, 0.29) is 4.47 Å². The molecule has 1 rings (SSSR count). The summed E-state index contributed by atoms with van der Waals surface area (Å²) in [5, 5.41) is 6.25. The molecule has 3 N–H and O–H groups in total. The zero-order valence-electron chi connectivity index (χ0n) is 9.46. The molecule has 1 amide bonds. The number of amides is 1. The second kappa shape index (κ2) is 5.66. The third-order valence-corrected chi connectivity index (χ3v) is 3.60. The predicted molar refractivity (Wildman–Crippen MR) is 63.9 cm³/mol. The van der Waals surface area contributed by atoms with Gasteiger partial charge in [0.15, 0.2) is 0 Å². The van der Waals surface area contributed by atoms with Crippen LogP contribution in [0.25, 0.3) is 0 Å². The molecule has 0 saturated heterocycles. The number of benzene rings is 1. The summed E-state index contributed by atoms with van der Waals surface area (Å²) < 4.78 is 71.2. The van der Waals surface area contributed by atoms with Gasteiger partial charge in [0.1, 0.15) is 17.3 Å². The van der Waals surface area contributed by atoms with Gasteiger partial charge in [-0.05, 0) is 28.1 Å². The monoisotopic (exact) mass is 378 g/mol. The molecule has 112 valence electrons. The summed E-state index contributed by atoms with van der Waals surface area (Å²) in [6.07, 6.45) is -4.63. The lowest BCUT2D eigenvalue weighted by atomic mass is 10.2. The molecule has 0 unspecified atom stereocenters. The van der Waals surface area contributed by atoms with Crippen molar-refractivity contribution < 1.29 is 30.8 Å². The van der Waals surface area contributed by atoms with Crippen molar-refractivity contribution >= 4 is 31.9 Å². The smallest absolute Gasteiger partial charge is 0.343 e. The highest BCUT2D eigenvalue weighted by Gasteiger charge is 2.29. The van der Waals surface area contributed by atoms with Crippen LogP contribution in [-0.4, -0.2) is 27.0 Å². The topological polar surface area (TPSA) is 89.3 Å².